The number of anilines is 1. The highest BCUT2D eigenvalue weighted by molar-refractivity contribution is 5.49. The van der Waals surface area contributed by atoms with Crippen LogP contribution in [0.4, 0.5) is 5.82 Å². The fraction of sp³-hybridized carbons (Fsp3) is 0.615. The van der Waals surface area contributed by atoms with Crippen LogP contribution in [0.25, 0.3) is 0 Å². The van der Waals surface area contributed by atoms with Crippen LogP contribution >= 0.6 is 0 Å². The number of nitrogens with one attached hydrogen (secondary N) is 1. The van der Waals surface area contributed by atoms with E-state index < -0.39 is 0 Å². The molecule has 1 N–H and O–H groups in total. The zero-order valence-electron chi connectivity index (χ0n) is 10.6. The summed E-state index contributed by atoms with van der Waals surface area (Å²) in [5.74, 6) is 2.42. The van der Waals surface area contributed by atoms with Crippen LogP contribution in [0.3, 0.4) is 0 Å². The average molecular weight is 235 g/mol. The van der Waals surface area contributed by atoms with Gasteiger partial charge in [-0.05, 0) is 51.0 Å². The lowest BCUT2D eigenvalue weighted by Gasteiger charge is -2.29. The van der Waals surface area contributed by atoms with Gasteiger partial charge in [0.1, 0.15) is 0 Å². The summed E-state index contributed by atoms with van der Waals surface area (Å²) in [6.07, 6.45) is 4.32. The van der Waals surface area contributed by atoms with Crippen molar-refractivity contribution < 1.29 is 4.74 Å². The zero-order chi connectivity index (χ0) is 12.1. The molecule has 1 aromatic heterocycles. The monoisotopic (exact) mass is 235 g/mol. The van der Waals surface area contributed by atoms with E-state index in [0.29, 0.717) is 0 Å². The van der Waals surface area contributed by atoms with Gasteiger partial charge in [0.15, 0.2) is 11.6 Å². The summed E-state index contributed by atoms with van der Waals surface area (Å²) >= 11 is 0. The van der Waals surface area contributed by atoms with Crippen molar-refractivity contribution in [3.05, 3.63) is 18.3 Å². The second-order valence-corrected chi connectivity index (χ2v) is 4.68. The Hall–Kier alpha value is -1.29. The van der Waals surface area contributed by atoms with Crippen molar-refractivity contribution in [1.29, 1.82) is 0 Å². The molecular formula is C13H21N3O. The first-order valence-corrected chi connectivity index (χ1v) is 6.21. The molecule has 0 aromatic carbocycles. The van der Waals surface area contributed by atoms with Gasteiger partial charge in [0.2, 0.25) is 0 Å². The van der Waals surface area contributed by atoms with Crippen LogP contribution in [0.2, 0.25) is 0 Å². The molecule has 0 saturated carbocycles. The van der Waals surface area contributed by atoms with Crippen molar-refractivity contribution in [2.75, 3.05) is 39.1 Å². The van der Waals surface area contributed by atoms with Crippen molar-refractivity contribution in [1.82, 2.24) is 9.88 Å². The van der Waals surface area contributed by atoms with Crippen molar-refractivity contribution in [2.24, 2.45) is 5.92 Å². The smallest absolute Gasteiger partial charge is 0.168 e. The number of hydrogen-bond donors (Lipinski definition) is 1. The highest BCUT2D eigenvalue weighted by Gasteiger charge is 2.16. The van der Waals surface area contributed by atoms with E-state index in [9.17, 15) is 0 Å². The van der Waals surface area contributed by atoms with Gasteiger partial charge in [0.05, 0.1) is 7.11 Å². The van der Waals surface area contributed by atoms with Gasteiger partial charge in [0.25, 0.3) is 0 Å². The molecule has 1 aliphatic heterocycles. The Balaban J connectivity index is 1.85. The summed E-state index contributed by atoms with van der Waals surface area (Å²) in [6, 6.07) is 3.82. The third-order valence-corrected chi connectivity index (χ3v) is 3.39. The highest BCUT2D eigenvalue weighted by atomic mass is 16.5. The summed E-state index contributed by atoms with van der Waals surface area (Å²) in [6.45, 7) is 3.39. The molecule has 94 valence electrons. The number of rotatable bonds is 4. The molecule has 1 saturated heterocycles. The minimum Gasteiger partial charge on any atom is -0.493 e. The topological polar surface area (TPSA) is 37.4 Å². The number of piperidine rings is 1. The lowest BCUT2D eigenvalue weighted by atomic mass is 9.97. The molecule has 2 rings (SSSR count). The minimum atomic E-state index is 0.748. The minimum absolute atomic E-state index is 0.748. The maximum Gasteiger partial charge on any atom is 0.168 e. The number of ether oxygens (including phenoxy) is 1. The van der Waals surface area contributed by atoms with Crippen LogP contribution in [-0.2, 0) is 0 Å². The number of likely N-dealkylation sites (tertiary alicyclic amines) is 1. The summed E-state index contributed by atoms with van der Waals surface area (Å²) in [5, 5.41) is 3.39. The van der Waals surface area contributed by atoms with Crippen LogP contribution in [0.15, 0.2) is 18.3 Å². The SMILES string of the molecule is COc1cccnc1NCC1CCN(C)CC1. The largest absolute Gasteiger partial charge is 0.493 e. The molecule has 2 heterocycles. The first kappa shape index (κ1) is 12.2. The number of methoxy groups -OCH3 is 1. The molecule has 0 atom stereocenters. The molecule has 0 spiro atoms. The molecule has 0 aliphatic carbocycles. The number of pyridine rings is 1. The van der Waals surface area contributed by atoms with Crippen LogP contribution < -0.4 is 10.1 Å². The van der Waals surface area contributed by atoms with Crippen LogP contribution in [0.5, 0.6) is 5.75 Å². The van der Waals surface area contributed by atoms with Gasteiger partial charge in [0, 0.05) is 12.7 Å². The third kappa shape index (κ3) is 3.33. The maximum absolute atomic E-state index is 5.27. The summed E-state index contributed by atoms with van der Waals surface area (Å²) < 4.78 is 5.27. The fourth-order valence-corrected chi connectivity index (χ4v) is 2.20. The Kier molecular flexibility index (Phi) is 4.20. The lowest BCUT2D eigenvalue weighted by Crippen LogP contribution is -2.33. The van der Waals surface area contributed by atoms with Gasteiger partial charge < -0.3 is 15.0 Å². The van der Waals surface area contributed by atoms with Gasteiger partial charge in [-0.15, -0.1) is 0 Å². The lowest BCUT2D eigenvalue weighted by molar-refractivity contribution is 0.226. The Labute approximate surface area is 103 Å². The molecule has 4 heteroatoms. The van der Waals surface area contributed by atoms with Crippen molar-refractivity contribution in [2.45, 2.75) is 12.8 Å². The third-order valence-electron chi connectivity index (χ3n) is 3.39. The number of aromatic nitrogens is 1. The summed E-state index contributed by atoms with van der Waals surface area (Å²) in [5.41, 5.74) is 0. The Morgan fingerprint density at radius 2 is 2.24 bits per heavy atom. The second kappa shape index (κ2) is 5.87. The molecular weight excluding hydrogens is 214 g/mol. The maximum atomic E-state index is 5.27. The molecule has 17 heavy (non-hydrogen) atoms. The van der Waals surface area contributed by atoms with Gasteiger partial charge in [-0.3, -0.25) is 0 Å². The standard InChI is InChI=1S/C13H21N3O/c1-16-8-5-11(6-9-16)10-15-13-12(17-2)4-3-7-14-13/h3-4,7,11H,5-6,8-10H2,1-2H3,(H,14,15). The Morgan fingerprint density at radius 3 is 2.94 bits per heavy atom. The molecule has 0 amide bonds. The average Bonchev–Trinajstić information content (AvgIpc) is 2.38. The quantitative estimate of drug-likeness (QED) is 0.864. The molecule has 0 radical (unpaired) electrons. The highest BCUT2D eigenvalue weighted by Crippen LogP contribution is 2.22. The van der Waals surface area contributed by atoms with Crippen molar-refractivity contribution in [3.8, 4) is 5.75 Å². The zero-order valence-corrected chi connectivity index (χ0v) is 10.6. The molecule has 1 fully saturated rings. The molecule has 0 unspecified atom stereocenters. The van der Waals surface area contributed by atoms with Crippen LogP contribution in [0.1, 0.15) is 12.8 Å². The fourth-order valence-electron chi connectivity index (χ4n) is 2.20. The molecule has 1 aliphatic rings. The van der Waals surface area contributed by atoms with E-state index in [4.69, 9.17) is 4.74 Å². The predicted octanol–water partition coefficient (Wildman–Crippen LogP) is 1.84. The number of hydrogen-bond acceptors (Lipinski definition) is 4. The van der Waals surface area contributed by atoms with E-state index in [2.05, 4.69) is 22.2 Å². The van der Waals surface area contributed by atoms with Crippen LogP contribution in [-0.4, -0.2) is 43.7 Å². The predicted molar refractivity (Wildman–Crippen MR) is 69.5 cm³/mol. The Bertz CT molecular complexity index is 348. The van der Waals surface area contributed by atoms with Gasteiger partial charge >= 0.3 is 0 Å². The first-order valence-electron chi connectivity index (χ1n) is 6.21. The van der Waals surface area contributed by atoms with E-state index >= 15 is 0 Å². The first-order chi connectivity index (χ1) is 8.29. The molecule has 0 bridgehead atoms. The van der Waals surface area contributed by atoms with E-state index in [0.717, 1.165) is 24.0 Å². The molecule has 1 aromatic rings. The van der Waals surface area contributed by atoms with E-state index in [1.54, 1.807) is 13.3 Å². The van der Waals surface area contributed by atoms with Crippen LogP contribution in [0, 0.1) is 5.92 Å². The Morgan fingerprint density at radius 1 is 1.47 bits per heavy atom. The van der Waals surface area contributed by atoms with Crippen molar-refractivity contribution >= 4 is 5.82 Å². The number of nitrogens with zero attached hydrogens (tertiary/aromatic N) is 2. The van der Waals surface area contributed by atoms with Gasteiger partial charge in [-0.2, -0.15) is 0 Å². The van der Waals surface area contributed by atoms with E-state index in [1.807, 2.05) is 12.1 Å². The molecule has 4 nitrogen and oxygen atoms in total. The van der Waals surface area contributed by atoms with E-state index in [1.165, 1.54) is 25.9 Å². The normalized spacial score (nSPS) is 18.0. The van der Waals surface area contributed by atoms with E-state index in [-0.39, 0.29) is 0 Å². The van der Waals surface area contributed by atoms with Crippen molar-refractivity contribution in [3.63, 3.8) is 0 Å². The second-order valence-electron chi connectivity index (χ2n) is 4.68. The van der Waals surface area contributed by atoms with Gasteiger partial charge in [-0.25, -0.2) is 4.98 Å². The summed E-state index contributed by atoms with van der Waals surface area (Å²) in [7, 11) is 3.86. The summed E-state index contributed by atoms with van der Waals surface area (Å²) in [4.78, 5) is 6.69. The van der Waals surface area contributed by atoms with Gasteiger partial charge in [-0.1, -0.05) is 0 Å².